The lowest BCUT2D eigenvalue weighted by atomic mass is 9.92. The first-order valence-corrected chi connectivity index (χ1v) is 6.98. The second-order valence-corrected chi connectivity index (χ2v) is 6.29. The average Bonchev–Trinajstić information content (AvgIpc) is 2.25. The third-order valence-electron chi connectivity index (χ3n) is 3.25. The molecule has 1 saturated heterocycles. The van der Waals surface area contributed by atoms with Crippen LogP contribution in [0, 0.1) is 5.92 Å². The normalized spacial score (nSPS) is 32.9. The van der Waals surface area contributed by atoms with Crippen LogP contribution in [0.1, 0.15) is 20.3 Å². The zero-order valence-corrected chi connectivity index (χ0v) is 11.6. The standard InChI is InChI=1S/C10H22NO4P/c1-8-7-11(3)9(2)6-10(8)15-16(12,13-4)14-5/h8-10H,6-7H2,1-5H3. The summed E-state index contributed by atoms with van der Waals surface area (Å²) in [5.41, 5.74) is 0. The van der Waals surface area contributed by atoms with Gasteiger partial charge in [0, 0.05) is 26.8 Å². The molecule has 6 heteroatoms. The molecule has 0 aliphatic carbocycles. The predicted octanol–water partition coefficient (Wildman–Crippen LogP) is 2.13. The maximum atomic E-state index is 11.9. The first kappa shape index (κ1) is 14.1. The number of hydrogen-bond acceptors (Lipinski definition) is 5. The van der Waals surface area contributed by atoms with Gasteiger partial charge in [0.2, 0.25) is 0 Å². The van der Waals surface area contributed by atoms with Gasteiger partial charge in [0.1, 0.15) is 0 Å². The Hall–Kier alpha value is 0.0700. The molecular formula is C10H22NO4P. The Bertz CT molecular complexity index is 266. The van der Waals surface area contributed by atoms with Gasteiger partial charge in [-0.15, -0.1) is 0 Å². The summed E-state index contributed by atoms with van der Waals surface area (Å²) in [5.74, 6) is 0.319. The van der Waals surface area contributed by atoms with Crippen LogP contribution in [0.25, 0.3) is 0 Å². The molecule has 1 aliphatic heterocycles. The zero-order valence-electron chi connectivity index (χ0n) is 10.7. The molecule has 0 spiro atoms. The fourth-order valence-electron chi connectivity index (χ4n) is 1.97. The van der Waals surface area contributed by atoms with Crippen molar-refractivity contribution in [1.29, 1.82) is 0 Å². The number of rotatable bonds is 4. The van der Waals surface area contributed by atoms with Gasteiger partial charge in [-0.05, 0) is 26.3 Å². The van der Waals surface area contributed by atoms with E-state index in [1.165, 1.54) is 14.2 Å². The van der Waals surface area contributed by atoms with Gasteiger partial charge in [-0.3, -0.25) is 13.6 Å². The molecule has 0 bridgehead atoms. The second-order valence-electron chi connectivity index (χ2n) is 4.46. The number of piperidine rings is 1. The summed E-state index contributed by atoms with van der Waals surface area (Å²) in [5, 5.41) is 0. The fourth-order valence-corrected chi connectivity index (χ4v) is 2.92. The van der Waals surface area contributed by atoms with Crippen molar-refractivity contribution in [3.8, 4) is 0 Å². The maximum absolute atomic E-state index is 11.9. The molecule has 96 valence electrons. The fraction of sp³-hybridized carbons (Fsp3) is 1.00. The Labute approximate surface area is 97.7 Å². The SMILES string of the molecule is COP(=O)(OC)OC1CC(C)N(C)CC1C. The van der Waals surface area contributed by atoms with E-state index in [-0.39, 0.29) is 6.10 Å². The lowest BCUT2D eigenvalue weighted by molar-refractivity contribution is 0.00783. The van der Waals surface area contributed by atoms with Crippen LogP contribution in [0.2, 0.25) is 0 Å². The first-order valence-electron chi connectivity index (χ1n) is 5.52. The van der Waals surface area contributed by atoms with Crippen LogP contribution in [-0.2, 0) is 18.1 Å². The van der Waals surface area contributed by atoms with Crippen LogP contribution >= 0.6 is 7.82 Å². The molecular weight excluding hydrogens is 229 g/mol. The van der Waals surface area contributed by atoms with Gasteiger partial charge in [-0.2, -0.15) is 0 Å². The van der Waals surface area contributed by atoms with E-state index < -0.39 is 7.82 Å². The minimum atomic E-state index is -3.35. The molecule has 0 radical (unpaired) electrons. The molecule has 0 amide bonds. The van der Waals surface area contributed by atoms with Crippen LogP contribution in [0.5, 0.6) is 0 Å². The average molecular weight is 251 g/mol. The molecule has 0 saturated carbocycles. The molecule has 1 aliphatic rings. The van der Waals surface area contributed by atoms with E-state index in [2.05, 4.69) is 25.8 Å². The predicted molar refractivity (Wildman–Crippen MR) is 62.4 cm³/mol. The van der Waals surface area contributed by atoms with Gasteiger partial charge in [0.25, 0.3) is 0 Å². The Kier molecular flexibility index (Phi) is 4.95. The van der Waals surface area contributed by atoms with Crippen molar-refractivity contribution in [3.63, 3.8) is 0 Å². The number of phosphoric acid groups is 1. The van der Waals surface area contributed by atoms with E-state index in [1.54, 1.807) is 0 Å². The number of hydrogen-bond donors (Lipinski definition) is 0. The number of likely N-dealkylation sites (tertiary alicyclic amines) is 1. The van der Waals surface area contributed by atoms with E-state index >= 15 is 0 Å². The molecule has 0 N–H and O–H groups in total. The Morgan fingerprint density at radius 2 is 1.81 bits per heavy atom. The van der Waals surface area contributed by atoms with Crippen molar-refractivity contribution < 1.29 is 18.1 Å². The van der Waals surface area contributed by atoms with Gasteiger partial charge in [0.15, 0.2) is 0 Å². The van der Waals surface area contributed by atoms with E-state index in [9.17, 15) is 4.57 Å². The van der Waals surface area contributed by atoms with E-state index in [0.29, 0.717) is 12.0 Å². The van der Waals surface area contributed by atoms with Gasteiger partial charge in [0.05, 0.1) is 6.10 Å². The Morgan fingerprint density at radius 1 is 1.25 bits per heavy atom. The minimum Gasteiger partial charge on any atom is -0.303 e. The third kappa shape index (κ3) is 3.28. The maximum Gasteiger partial charge on any atom is 0.474 e. The van der Waals surface area contributed by atoms with Crippen molar-refractivity contribution in [2.45, 2.75) is 32.4 Å². The summed E-state index contributed by atoms with van der Waals surface area (Å²) in [6.07, 6.45) is 0.769. The molecule has 1 heterocycles. The number of phosphoric ester groups is 1. The molecule has 1 rings (SSSR count). The summed E-state index contributed by atoms with van der Waals surface area (Å²) in [6, 6.07) is 0.420. The highest BCUT2D eigenvalue weighted by Gasteiger charge is 2.36. The van der Waals surface area contributed by atoms with Crippen LogP contribution in [-0.4, -0.2) is 44.9 Å². The summed E-state index contributed by atoms with van der Waals surface area (Å²) < 4.78 is 27.0. The van der Waals surface area contributed by atoms with Crippen LogP contribution in [0.4, 0.5) is 0 Å². The van der Waals surface area contributed by atoms with Crippen molar-refractivity contribution in [2.75, 3.05) is 27.8 Å². The monoisotopic (exact) mass is 251 g/mol. The molecule has 3 atom stereocenters. The molecule has 0 aromatic rings. The molecule has 0 aromatic heterocycles. The van der Waals surface area contributed by atoms with Gasteiger partial charge >= 0.3 is 7.82 Å². The van der Waals surface area contributed by atoms with E-state index in [4.69, 9.17) is 13.6 Å². The Balaban J connectivity index is 2.63. The highest BCUT2D eigenvalue weighted by Crippen LogP contribution is 2.50. The lowest BCUT2D eigenvalue weighted by Gasteiger charge is -2.39. The summed E-state index contributed by atoms with van der Waals surface area (Å²) in [6.45, 7) is 5.15. The third-order valence-corrected chi connectivity index (χ3v) is 4.67. The first-order chi connectivity index (χ1) is 7.41. The van der Waals surface area contributed by atoms with Crippen molar-refractivity contribution in [3.05, 3.63) is 0 Å². The highest BCUT2D eigenvalue weighted by atomic mass is 31.2. The van der Waals surface area contributed by atoms with Crippen molar-refractivity contribution in [2.24, 2.45) is 5.92 Å². The molecule has 5 nitrogen and oxygen atoms in total. The number of nitrogens with zero attached hydrogens (tertiary/aromatic N) is 1. The van der Waals surface area contributed by atoms with Gasteiger partial charge < -0.3 is 4.90 Å². The second kappa shape index (κ2) is 5.61. The molecule has 16 heavy (non-hydrogen) atoms. The van der Waals surface area contributed by atoms with Gasteiger partial charge in [-0.25, -0.2) is 4.57 Å². The van der Waals surface area contributed by atoms with Crippen molar-refractivity contribution in [1.82, 2.24) is 4.90 Å². The highest BCUT2D eigenvalue weighted by molar-refractivity contribution is 7.48. The smallest absolute Gasteiger partial charge is 0.303 e. The minimum absolute atomic E-state index is 0.0723. The topological polar surface area (TPSA) is 48.0 Å². The van der Waals surface area contributed by atoms with Crippen molar-refractivity contribution >= 4 is 7.82 Å². The molecule has 3 unspecified atom stereocenters. The summed E-state index contributed by atoms with van der Waals surface area (Å²) in [4.78, 5) is 2.27. The zero-order chi connectivity index (χ0) is 12.3. The van der Waals surface area contributed by atoms with E-state index in [0.717, 1.165) is 13.0 Å². The molecule has 0 aromatic carbocycles. The van der Waals surface area contributed by atoms with Gasteiger partial charge in [-0.1, -0.05) is 6.92 Å². The van der Waals surface area contributed by atoms with Crippen LogP contribution in [0.15, 0.2) is 0 Å². The largest absolute Gasteiger partial charge is 0.474 e. The van der Waals surface area contributed by atoms with E-state index in [1.807, 2.05) is 0 Å². The Morgan fingerprint density at radius 3 is 2.31 bits per heavy atom. The van der Waals surface area contributed by atoms with Crippen LogP contribution in [0.3, 0.4) is 0 Å². The summed E-state index contributed by atoms with van der Waals surface area (Å²) in [7, 11) is 1.42. The lowest BCUT2D eigenvalue weighted by Crippen LogP contribution is -2.45. The van der Waals surface area contributed by atoms with Crippen LogP contribution < -0.4 is 0 Å². The summed E-state index contributed by atoms with van der Waals surface area (Å²) >= 11 is 0. The quantitative estimate of drug-likeness (QED) is 0.716. The molecule has 1 fully saturated rings.